The van der Waals surface area contributed by atoms with Crippen LogP contribution in [0.25, 0.3) is 0 Å². The van der Waals surface area contributed by atoms with E-state index in [9.17, 15) is 35.9 Å². The van der Waals surface area contributed by atoms with Gasteiger partial charge in [0.25, 0.3) is 0 Å². The van der Waals surface area contributed by atoms with Crippen molar-refractivity contribution in [3.63, 3.8) is 0 Å². The van der Waals surface area contributed by atoms with Gasteiger partial charge in [-0.2, -0.15) is 26.3 Å². The van der Waals surface area contributed by atoms with E-state index in [1.807, 2.05) is 0 Å². The van der Waals surface area contributed by atoms with Crippen molar-refractivity contribution in [2.24, 2.45) is 0 Å². The summed E-state index contributed by atoms with van der Waals surface area (Å²) in [5.41, 5.74) is -3.96. The molecule has 0 saturated heterocycles. The quantitative estimate of drug-likeness (QED) is 0.661. The van der Waals surface area contributed by atoms with E-state index in [0.717, 1.165) is 0 Å². The van der Waals surface area contributed by atoms with Crippen LogP contribution in [0.4, 0.5) is 32.0 Å². The second-order valence-electron chi connectivity index (χ2n) is 3.96. The standard InChI is InChI=1S/C12H7F6NO3/c13-11(14,15)6-3-7(12(16,17)18)5-8(4-6)19-9(20)1-2-10(21)22/h1-5H,(H,19,20)(H,21,22). The Hall–Kier alpha value is -2.52. The molecule has 0 aliphatic heterocycles. The third-order valence-corrected chi connectivity index (χ3v) is 2.23. The number of anilines is 1. The summed E-state index contributed by atoms with van der Waals surface area (Å²) >= 11 is 0. The molecule has 0 radical (unpaired) electrons. The summed E-state index contributed by atoms with van der Waals surface area (Å²) in [7, 11) is 0. The summed E-state index contributed by atoms with van der Waals surface area (Å²) in [6, 6.07) is 0.520. The lowest BCUT2D eigenvalue weighted by molar-refractivity contribution is -0.143. The van der Waals surface area contributed by atoms with E-state index in [4.69, 9.17) is 5.11 Å². The highest BCUT2D eigenvalue weighted by Crippen LogP contribution is 2.37. The van der Waals surface area contributed by atoms with E-state index in [1.165, 1.54) is 0 Å². The summed E-state index contributed by atoms with van der Waals surface area (Å²) in [5, 5.41) is 10.00. The van der Waals surface area contributed by atoms with Crippen LogP contribution in [-0.4, -0.2) is 17.0 Å². The van der Waals surface area contributed by atoms with Crippen molar-refractivity contribution in [1.29, 1.82) is 0 Å². The summed E-state index contributed by atoms with van der Waals surface area (Å²) < 4.78 is 75.3. The first-order chi connectivity index (χ1) is 9.89. The van der Waals surface area contributed by atoms with Crippen LogP contribution < -0.4 is 5.32 Å². The van der Waals surface area contributed by atoms with Crippen LogP contribution in [0.15, 0.2) is 30.4 Å². The maximum absolute atomic E-state index is 12.6. The Kier molecular flexibility index (Phi) is 4.84. The number of hydrogen-bond acceptors (Lipinski definition) is 2. The summed E-state index contributed by atoms with van der Waals surface area (Å²) in [4.78, 5) is 21.4. The number of aliphatic carboxylic acids is 1. The number of benzene rings is 1. The number of alkyl halides is 6. The van der Waals surface area contributed by atoms with Gasteiger partial charge in [-0.1, -0.05) is 0 Å². The second-order valence-corrected chi connectivity index (χ2v) is 3.96. The molecule has 0 spiro atoms. The molecule has 1 rings (SSSR count). The van der Waals surface area contributed by atoms with E-state index >= 15 is 0 Å². The molecule has 0 fully saturated rings. The van der Waals surface area contributed by atoms with Gasteiger partial charge >= 0.3 is 18.3 Å². The first-order valence-electron chi connectivity index (χ1n) is 5.41. The number of rotatable bonds is 3. The minimum Gasteiger partial charge on any atom is -0.478 e. The summed E-state index contributed by atoms with van der Waals surface area (Å²) in [6.07, 6.45) is -9.25. The van der Waals surface area contributed by atoms with Gasteiger partial charge in [-0.15, -0.1) is 0 Å². The Morgan fingerprint density at radius 2 is 1.36 bits per heavy atom. The van der Waals surface area contributed by atoms with Gasteiger partial charge in [0, 0.05) is 17.8 Å². The number of nitrogens with one attached hydrogen (secondary N) is 1. The van der Waals surface area contributed by atoms with Crippen LogP contribution in [0, 0.1) is 0 Å². The van der Waals surface area contributed by atoms with Crippen molar-refractivity contribution in [2.45, 2.75) is 12.4 Å². The SMILES string of the molecule is O=C(O)C=CC(=O)Nc1cc(C(F)(F)F)cc(C(F)(F)F)c1. The summed E-state index contributed by atoms with van der Waals surface area (Å²) in [5.74, 6) is -2.69. The Morgan fingerprint density at radius 3 is 1.73 bits per heavy atom. The lowest BCUT2D eigenvalue weighted by atomic mass is 10.1. The van der Waals surface area contributed by atoms with Gasteiger partial charge < -0.3 is 10.4 Å². The average Bonchev–Trinajstić information content (AvgIpc) is 2.34. The minimum atomic E-state index is -5.04. The Labute approximate surface area is 119 Å². The lowest BCUT2D eigenvalue weighted by Gasteiger charge is -2.14. The summed E-state index contributed by atoms with van der Waals surface area (Å²) in [6.45, 7) is 0. The van der Waals surface area contributed by atoms with Gasteiger partial charge in [0.05, 0.1) is 11.1 Å². The largest absolute Gasteiger partial charge is 0.478 e. The topological polar surface area (TPSA) is 66.4 Å². The number of amides is 1. The van der Waals surface area contributed by atoms with Gasteiger partial charge in [-0.05, 0) is 18.2 Å². The van der Waals surface area contributed by atoms with Gasteiger partial charge in [-0.25, -0.2) is 4.79 Å². The van der Waals surface area contributed by atoms with Gasteiger partial charge in [0.1, 0.15) is 0 Å². The molecule has 10 heteroatoms. The van der Waals surface area contributed by atoms with E-state index in [0.29, 0.717) is 24.3 Å². The predicted octanol–water partition coefficient (Wildman–Crippen LogP) is 3.30. The molecule has 0 aliphatic rings. The first kappa shape index (κ1) is 17.5. The normalized spacial score (nSPS) is 12.5. The van der Waals surface area contributed by atoms with Crippen LogP contribution in [0.2, 0.25) is 0 Å². The highest BCUT2D eigenvalue weighted by atomic mass is 19.4. The molecular weight excluding hydrogens is 320 g/mol. The molecular formula is C12H7F6NO3. The van der Waals surface area contributed by atoms with E-state index < -0.39 is 41.0 Å². The number of carboxylic acids is 1. The average molecular weight is 327 g/mol. The van der Waals surface area contributed by atoms with Crippen LogP contribution in [-0.2, 0) is 21.9 Å². The number of carboxylic acid groups (broad SMARTS) is 1. The molecule has 0 aromatic heterocycles. The molecule has 0 atom stereocenters. The molecule has 1 aromatic carbocycles. The number of halogens is 6. The lowest BCUT2D eigenvalue weighted by Crippen LogP contribution is -2.14. The van der Waals surface area contributed by atoms with Gasteiger partial charge in [0.15, 0.2) is 0 Å². The fraction of sp³-hybridized carbons (Fsp3) is 0.167. The van der Waals surface area contributed by atoms with Crippen LogP contribution in [0.3, 0.4) is 0 Å². The second kappa shape index (κ2) is 6.08. The molecule has 1 amide bonds. The maximum Gasteiger partial charge on any atom is 0.416 e. The van der Waals surface area contributed by atoms with Crippen LogP contribution in [0.1, 0.15) is 11.1 Å². The smallest absolute Gasteiger partial charge is 0.416 e. The van der Waals surface area contributed by atoms with Crippen molar-refractivity contribution in [1.82, 2.24) is 0 Å². The van der Waals surface area contributed by atoms with Crippen LogP contribution >= 0.6 is 0 Å². The fourth-order valence-electron chi connectivity index (χ4n) is 1.36. The molecule has 1 aromatic rings. The van der Waals surface area contributed by atoms with Crippen LogP contribution in [0.5, 0.6) is 0 Å². The highest BCUT2D eigenvalue weighted by Gasteiger charge is 2.37. The van der Waals surface area contributed by atoms with E-state index in [-0.39, 0.29) is 6.07 Å². The molecule has 0 unspecified atom stereocenters. The number of carbonyl (C=O) groups excluding carboxylic acids is 1. The molecule has 120 valence electrons. The molecule has 0 bridgehead atoms. The van der Waals surface area contributed by atoms with Crippen molar-refractivity contribution in [2.75, 3.05) is 5.32 Å². The molecule has 4 nitrogen and oxygen atoms in total. The number of carbonyl (C=O) groups is 2. The van der Waals surface area contributed by atoms with Crippen molar-refractivity contribution in [3.05, 3.63) is 41.5 Å². The molecule has 0 aliphatic carbocycles. The fourth-order valence-corrected chi connectivity index (χ4v) is 1.36. The molecule has 22 heavy (non-hydrogen) atoms. The zero-order chi connectivity index (χ0) is 17.1. The number of hydrogen-bond donors (Lipinski definition) is 2. The van der Waals surface area contributed by atoms with E-state index in [2.05, 4.69) is 0 Å². The zero-order valence-corrected chi connectivity index (χ0v) is 10.4. The predicted molar refractivity (Wildman–Crippen MR) is 61.9 cm³/mol. The Bertz CT molecular complexity index is 586. The Morgan fingerprint density at radius 1 is 0.909 bits per heavy atom. The highest BCUT2D eigenvalue weighted by molar-refractivity contribution is 6.02. The third kappa shape index (κ3) is 5.11. The molecule has 2 N–H and O–H groups in total. The van der Waals surface area contributed by atoms with Gasteiger partial charge in [-0.3, -0.25) is 4.79 Å². The monoisotopic (exact) mass is 327 g/mol. The molecule has 0 saturated carbocycles. The van der Waals surface area contributed by atoms with Crippen molar-refractivity contribution in [3.8, 4) is 0 Å². The van der Waals surface area contributed by atoms with Crippen molar-refractivity contribution >= 4 is 17.6 Å². The minimum absolute atomic E-state index is 0.0945. The van der Waals surface area contributed by atoms with Crippen molar-refractivity contribution < 1.29 is 41.0 Å². The third-order valence-electron chi connectivity index (χ3n) is 2.23. The Balaban J connectivity index is 3.19. The molecule has 0 heterocycles. The van der Waals surface area contributed by atoms with E-state index in [1.54, 1.807) is 5.32 Å². The van der Waals surface area contributed by atoms with Gasteiger partial charge in [0.2, 0.25) is 5.91 Å². The maximum atomic E-state index is 12.6. The first-order valence-corrected chi connectivity index (χ1v) is 5.41. The zero-order valence-electron chi connectivity index (χ0n) is 10.4.